The molecule has 2 nitrogen and oxygen atoms in total. The summed E-state index contributed by atoms with van der Waals surface area (Å²) in [6.45, 7) is 9.50. The molecule has 4 heteroatoms. The van der Waals surface area contributed by atoms with Crippen LogP contribution >= 0.6 is 0 Å². The second-order valence-corrected chi connectivity index (χ2v) is 0. The first-order valence-electron chi connectivity index (χ1n) is 0.447. The third kappa shape index (κ3) is 727000. The number of hydrogen-bond acceptors (Lipinski definition) is 2. The minimum absolute atomic E-state index is 0. The van der Waals surface area contributed by atoms with Crippen LogP contribution in [0.4, 0.5) is 0 Å². The molecule has 0 saturated carbocycles. The third-order valence-electron chi connectivity index (χ3n) is 0. The molecule has 0 saturated heterocycles. The van der Waals surface area contributed by atoms with Crippen molar-refractivity contribution in [3.05, 3.63) is 13.1 Å². The van der Waals surface area contributed by atoms with Gasteiger partial charge in [-0.15, -0.1) is 0 Å². The fraction of sp³-hybridized carbons (Fsp3) is 0. The molecule has 0 N–H and O–H groups in total. The summed E-state index contributed by atoms with van der Waals surface area (Å²) in [6.07, 6.45) is 0. The molecule has 0 amide bonds. The summed E-state index contributed by atoms with van der Waals surface area (Å²) in [6, 6.07) is 0. The number of nitrogens with zero attached hydrogens (tertiary/aromatic N) is 2. The van der Waals surface area contributed by atoms with Crippen molar-refractivity contribution in [2.45, 2.75) is 0 Å². The van der Waals surface area contributed by atoms with Crippen molar-refractivity contribution in [1.29, 1.82) is 10.5 Å². The van der Waals surface area contributed by atoms with Crippen LogP contribution in [0.3, 0.4) is 0 Å². The molecule has 0 spiro atoms. The monoisotopic (exact) mass is 173 g/mol. The van der Waals surface area contributed by atoms with Gasteiger partial charge in [0.15, 0.2) is 0 Å². The Bertz CT molecular complexity index is 27.0. The second-order valence-electron chi connectivity index (χ2n) is 0. The minimum atomic E-state index is 0. The van der Waals surface area contributed by atoms with E-state index in [4.69, 9.17) is 23.7 Å². The fourth-order valence-corrected chi connectivity index (χ4v) is 0. The minimum Gasteiger partial charge on any atom is -0.512 e. The Morgan fingerprint density at radius 2 is 0.833 bits per heavy atom. The molecule has 0 rings (SSSR count). The van der Waals surface area contributed by atoms with E-state index in [0.717, 1.165) is 0 Å². The van der Waals surface area contributed by atoms with Crippen LogP contribution < -0.4 is 0 Å². The zero-order valence-electron chi connectivity index (χ0n) is 2.51. The van der Waals surface area contributed by atoms with Gasteiger partial charge in [-0.2, -0.15) is 0 Å². The van der Waals surface area contributed by atoms with Crippen molar-refractivity contribution in [3.63, 3.8) is 0 Å². The Balaban J connectivity index is -0.00000000500. The van der Waals surface area contributed by atoms with Crippen molar-refractivity contribution in [2.24, 2.45) is 0 Å². The van der Waals surface area contributed by atoms with Gasteiger partial charge >= 0.3 is 16.5 Å². The van der Waals surface area contributed by atoms with Gasteiger partial charge in [-0.3, -0.25) is 0 Å². The Morgan fingerprint density at radius 1 is 0.833 bits per heavy atom. The molecule has 0 aliphatic heterocycles. The van der Waals surface area contributed by atoms with Gasteiger partial charge in [0.25, 0.3) is 0 Å². The Labute approximate surface area is 57.5 Å². The van der Waals surface area contributed by atoms with Crippen LogP contribution in [-0.4, -0.2) is 0 Å². The van der Waals surface area contributed by atoms with E-state index in [2.05, 4.69) is 0 Å². The van der Waals surface area contributed by atoms with E-state index in [1.807, 2.05) is 0 Å². The molecule has 0 aromatic carbocycles. The van der Waals surface area contributed by atoms with Gasteiger partial charge in [-0.25, -0.2) is 0 Å². The van der Waals surface area contributed by atoms with Crippen molar-refractivity contribution >= 4 is 0 Å². The first kappa shape index (κ1) is 37.6. The maximum absolute atomic E-state index is 6.25. The van der Waals surface area contributed by atoms with Crippen molar-refractivity contribution in [3.8, 4) is 0 Å². The standard InChI is InChI=1S/2CN.Cu.Ni/c2*1-2;;/q2*-1;;+2. The van der Waals surface area contributed by atoms with Crippen LogP contribution in [0.1, 0.15) is 0 Å². The van der Waals surface area contributed by atoms with Crippen LogP contribution in [0, 0.1) is 23.7 Å². The van der Waals surface area contributed by atoms with Crippen molar-refractivity contribution in [1.82, 2.24) is 0 Å². The fourth-order valence-electron chi connectivity index (χ4n) is 0. The van der Waals surface area contributed by atoms with E-state index >= 15 is 0 Å². The van der Waals surface area contributed by atoms with Crippen LogP contribution in [-0.2, 0) is 33.6 Å². The molecule has 0 aliphatic rings. The smallest absolute Gasteiger partial charge is 0.512 e. The van der Waals surface area contributed by atoms with Crippen LogP contribution in [0.5, 0.6) is 0 Å². The molecule has 0 heterocycles. The van der Waals surface area contributed by atoms with Crippen molar-refractivity contribution in [2.75, 3.05) is 0 Å². The van der Waals surface area contributed by atoms with E-state index in [0.29, 0.717) is 0 Å². The van der Waals surface area contributed by atoms with Crippen LogP contribution in [0.15, 0.2) is 0 Å². The topological polar surface area (TPSA) is 47.6 Å². The molecule has 0 aromatic heterocycles. The van der Waals surface area contributed by atoms with Gasteiger partial charge in [0.05, 0.1) is 0 Å². The SMILES string of the molecule is [C-]#N.[C-]#N.[Cu].[Ni+2]. The van der Waals surface area contributed by atoms with Gasteiger partial charge < -0.3 is 23.7 Å². The molecule has 0 aromatic rings. The van der Waals surface area contributed by atoms with Gasteiger partial charge in [-0.05, 0) is 0 Å². The molecule has 39 valence electrons. The van der Waals surface area contributed by atoms with Crippen molar-refractivity contribution < 1.29 is 33.6 Å². The third-order valence-corrected chi connectivity index (χ3v) is 0. The maximum atomic E-state index is 6.25. The van der Waals surface area contributed by atoms with Gasteiger partial charge in [0, 0.05) is 17.1 Å². The summed E-state index contributed by atoms with van der Waals surface area (Å²) < 4.78 is 0. The number of hydrogen-bond donors (Lipinski definition) is 0. The summed E-state index contributed by atoms with van der Waals surface area (Å²) >= 11 is 0. The second kappa shape index (κ2) is 1620000. The molecule has 0 fully saturated rings. The molecule has 0 atom stereocenters. The normalized spacial score (nSPS) is 0.667. The van der Waals surface area contributed by atoms with Crippen LogP contribution in [0.25, 0.3) is 0 Å². The predicted molar refractivity (Wildman–Crippen MR) is 9.94 cm³/mol. The Hall–Kier alpha value is -0.00701. The van der Waals surface area contributed by atoms with E-state index in [1.165, 1.54) is 0 Å². The molecule has 0 unspecified atom stereocenters. The predicted octanol–water partition coefficient (Wildman–Crippen LogP) is 0.188. The Kier molecular flexibility index (Phi) is 10100000. The first-order chi connectivity index (χ1) is 2.00. The summed E-state index contributed by atoms with van der Waals surface area (Å²) in [7, 11) is 0. The zero-order valence-corrected chi connectivity index (χ0v) is 4.44. The summed E-state index contributed by atoms with van der Waals surface area (Å²) in [5.41, 5.74) is 0. The van der Waals surface area contributed by atoms with Crippen LogP contribution in [0.2, 0.25) is 0 Å². The zero-order chi connectivity index (χ0) is 4.00. The average Bonchev–Trinajstić information content (AvgIpc) is 1.50. The molecular weight excluding hydrogens is 174 g/mol. The van der Waals surface area contributed by atoms with E-state index in [-0.39, 0.29) is 33.6 Å². The maximum Gasteiger partial charge on any atom is 2.00 e. The molecule has 0 bridgehead atoms. The van der Waals surface area contributed by atoms with Gasteiger partial charge in [0.2, 0.25) is 0 Å². The quantitative estimate of drug-likeness (QED) is 0.389. The molecule has 0 aliphatic carbocycles. The summed E-state index contributed by atoms with van der Waals surface area (Å²) in [4.78, 5) is 0. The van der Waals surface area contributed by atoms with E-state index < -0.39 is 0 Å². The summed E-state index contributed by atoms with van der Waals surface area (Å²) in [5, 5.41) is 12.5. The largest absolute Gasteiger partial charge is 2.00 e. The Morgan fingerprint density at radius 3 is 0.833 bits per heavy atom. The molecule has 1 radical (unpaired) electrons. The van der Waals surface area contributed by atoms with E-state index in [9.17, 15) is 0 Å². The van der Waals surface area contributed by atoms with Gasteiger partial charge in [0.1, 0.15) is 0 Å². The van der Waals surface area contributed by atoms with E-state index in [1.54, 1.807) is 0 Å². The summed E-state index contributed by atoms with van der Waals surface area (Å²) in [5.74, 6) is 0. The molecule has 6 heavy (non-hydrogen) atoms. The molecular formula is C2CuN2Ni. The first-order valence-corrected chi connectivity index (χ1v) is 0.447. The average molecular weight is 174 g/mol. The van der Waals surface area contributed by atoms with Gasteiger partial charge in [-0.1, -0.05) is 0 Å². The number of rotatable bonds is 0.